The van der Waals surface area contributed by atoms with Gasteiger partial charge in [-0.15, -0.1) is 11.3 Å². The fraction of sp³-hybridized carbons (Fsp3) is 0.167. The first-order valence-corrected chi connectivity index (χ1v) is 9.25. The van der Waals surface area contributed by atoms with Crippen LogP contribution in [0.4, 0.5) is 0 Å². The van der Waals surface area contributed by atoms with Gasteiger partial charge >= 0.3 is 0 Å². The highest BCUT2D eigenvalue weighted by Gasteiger charge is 2.13. The molecule has 7 heteroatoms. The second-order valence-electron chi connectivity index (χ2n) is 5.53. The summed E-state index contributed by atoms with van der Waals surface area (Å²) in [6, 6.07) is 11.5. The van der Waals surface area contributed by atoms with Gasteiger partial charge in [0.05, 0.1) is 9.90 Å². The Kier molecular flexibility index (Phi) is 4.81. The van der Waals surface area contributed by atoms with E-state index >= 15 is 0 Å². The first-order chi connectivity index (χ1) is 12.2. The molecule has 1 aliphatic heterocycles. The van der Waals surface area contributed by atoms with E-state index in [2.05, 4.69) is 10.3 Å². The quantitative estimate of drug-likeness (QED) is 0.652. The van der Waals surface area contributed by atoms with Crippen molar-refractivity contribution in [3.8, 4) is 21.9 Å². The summed E-state index contributed by atoms with van der Waals surface area (Å²) in [5.41, 5.74) is 2.09. The summed E-state index contributed by atoms with van der Waals surface area (Å²) in [5, 5.41) is 5.66. The molecule has 1 aliphatic rings. The van der Waals surface area contributed by atoms with Crippen molar-refractivity contribution in [3.63, 3.8) is 0 Å². The van der Waals surface area contributed by atoms with Gasteiger partial charge in [0.1, 0.15) is 5.01 Å². The number of halogens is 2. The Labute approximate surface area is 159 Å². The molecule has 0 fully saturated rings. The molecule has 4 rings (SSSR count). The summed E-state index contributed by atoms with van der Waals surface area (Å²) in [7, 11) is 0. The van der Waals surface area contributed by atoms with E-state index in [1.54, 1.807) is 17.4 Å². The largest absolute Gasteiger partial charge is 0.454 e. The number of benzene rings is 2. The molecular formula is C18H14Cl2N2O2S. The van der Waals surface area contributed by atoms with E-state index in [4.69, 9.17) is 32.7 Å². The molecule has 2 aromatic carbocycles. The molecule has 0 saturated heterocycles. The third kappa shape index (κ3) is 3.75. The van der Waals surface area contributed by atoms with Gasteiger partial charge in [0.15, 0.2) is 11.5 Å². The van der Waals surface area contributed by atoms with Crippen molar-refractivity contribution in [1.29, 1.82) is 0 Å². The predicted octanol–water partition coefficient (Wildman–Crippen LogP) is 5.14. The Morgan fingerprint density at radius 2 is 1.92 bits per heavy atom. The minimum atomic E-state index is 0.293. The van der Waals surface area contributed by atoms with Crippen LogP contribution in [0.2, 0.25) is 10.0 Å². The Morgan fingerprint density at radius 3 is 2.80 bits per heavy atom. The zero-order valence-electron chi connectivity index (χ0n) is 13.1. The average molecular weight is 393 g/mol. The minimum absolute atomic E-state index is 0.293. The van der Waals surface area contributed by atoms with Gasteiger partial charge in [-0.3, -0.25) is 0 Å². The highest BCUT2D eigenvalue weighted by molar-refractivity contribution is 7.15. The molecule has 1 N–H and O–H groups in total. The summed E-state index contributed by atoms with van der Waals surface area (Å²) in [6.07, 6.45) is 1.84. The van der Waals surface area contributed by atoms with Crippen molar-refractivity contribution in [2.75, 3.05) is 6.79 Å². The minimum Gasteiger partial charge on any atom is -0.454 e. The van der Waals surface area contributed by atoms with Gasteiger partial charge in [0, 0.05) is 29.9 Å². The standard InChI is InChI=1S/C18H14Cl2N2O2S/c19-12-2-3-13(14(20)6-12)17-8-22-18(25-17)9-21-7-11-1-4-15-16(5-11)24-10-23-15/h1-6,8,21H,7,9-10H2. The van der Waals surface area contributed by atoms with Gasteiger partial charge in [-0.05, 0) is 29.8 Å². The highest BCUT2D eigenvalue weighted by atomic mass is 35.5. The molecule has 0 saturated carbocycles. The zero-order chi connectivity index (χ0) is 17.2. The van der Waals surface area contributed by atoms with E-state index in [0.717, 1.165) is 39.1 Å². The SMILES string of the molecule is Clc1ccc(-c2cnc(CNCc3ccc4c(c3)OCO4)s2)c(Cl)c1. The molecule has 128 valence electrons. The lowest BCUT2D eigenvalue weighted by Gasteiger charge is -2.04. The first kappa shape index (κ1) is 16.7. The molecule has 0 spiro atoms. The van der Waals surface area contributed by atoms with E-state index in [0.29, 0.717) is 23.4 Å². The molecule has 1 aromatic heterocycles. The Bertz CT molecular complexity index is 914. The van der Waals surface area contributed by atoms with E-state index in [1.807, 2.05) is 36.5 Å². The van der Waals surface area contributed by atoms with E-state index < -0.39 is 0 Å². The highest BCUT2D eigenvalue weighted by Crippen LogP contribution is 2.34. The van der Waals surface area contributed by atoms with Crippen LogP contribution in [0.1, 0.15) is 10.6 Å². The summed E-state index contributed by atoms with van der Waals surface area (Å²) in [6.45, 7) is 1.71. The van der Waals surface area contributed by atoms with Crippen LogP contribution in [0.15, 0.2) is 42.6 Å². The number of hydrogen-bond acceptors (Lipinski definition) is 5. The lowest BCUT2D eigenvalue weighted by Crippen LogP contribution is -2.12. The van der Waals surface area contributed by atoms with Crippen molar-refractivity contribution in [2.45, 2.75) is 13.1 Å². The molecule has 3 aromatic rings. The van der Waals surface area contributed by atoms with Crippen LogP contribution in [-0.2, 0) is 13.1 Å². The topological polar surface area (TPSA) is 43.4 Å². The van der Waals surface area contributed by atoms with E-state index in [-0.39, 0.29) is 0 Å². The molecular weight excluding hydrogens is 379 g/mol. The van der Waals surface area contributed by atoms with Crippen LogP contribution in [0.25, 0.3) is 10.4 Å². The van der Waals surface area contributed by atoms with Crippen molar-refractivity contribution in [1.82, 2.24) is 10.3 Å². The lowest BCUT2D eigenvalue weighted by atomic mass is 10.2. The Balaban J connectivity index is 1.38. The van der Waals surface area contributed by atoms with Crippen LogP contribution in [0.5, 0.6) is 11.5 Å². The number of thiazole rings is 1. The molecule has 0 unspecified atom stereocenters. The van der Waals surface area contributed by atoms with Gasteiger partial charge in [0.25, 0.3) is 0 Å². The Hall–Kier alpha value is -1.79. The molecule has 0 aliphatic carbocycles. The van der Waals surface area contributed by atoms with Crippen LogP contribution in [0, 0.1) is 0 Å². The zero-order valence-corrected chi connectivity index (χ0v) is 15.4. The van der Waals surface area contributed by atoms with Crippen LogP contribution in [0.3, 0.4) is 0 Å². The van der Waals surface area contributed by atoms with Crippen LogP contribution >= 0.6 is 34.5 Å². The Morgan fingerprint density at radius 1 is 1.04 bits per heavy atom. The molecule has 4 nitrogen and oxygen atoms in total. The first-order valence-electron chi connectivity index (χ1n) is 7.68. The molecule has 25 heavy (non-hydrogen) atoms. The number of ether oxygens (including phenoxy) is 2. The number of nitrogens with zero attached hydrogens (tertiary/aromatic N) is 1. The predicted molar refractivity (Wildman–Crippen MR) is 101 cm³/mol. The molecule has 2 heterocycles. The maximum absolute atomic E-state index is 6.26. The number of rotatable bonds is 5. The monoisotopic (exact) mass is 392 g/mol. The number of nitrogens with one attached hydrogen (secondary N) is 1. The normalized spacial score (nSPS) is 12.6. The smallest absolute Gasteiger partial charge is 0.231 e. The fourth-order valence-corrected chi connectivity index (χ4v) is 4.06. The molecule has 0 bridgehead atoms. The van der Waals surface area contributed by atoms with Gasteiger partial charge in [-0.2, -0.15) is 0 Å². The van der Waals surface area contributed by atoms with Crippen molar-refractivity contribution >= 4 is 34.5 Å². The number of fused-ring (bicyclic) bond motifs is 1. The van der Waals surface area contributed by atoms with E-state index in [1.165, 1.54) is 0 Å². The molecule has 0 radical (unpaired) electrons. The molecule has 0 atom stereocenters. The van der Waals surface area contributed by atoms with Crippen molar-refractivity contribution < 1.29 is 9.47 Å². The van der Waals surface area contributed by atoms with Gasteiger partial charge in [-0.25, -0.2) is 4.98 Å². The summed E-state index contributed by atoms with van der Waals surface area (Å²) in [4.78, 5) is 5.49. The third-order valence-electron chi connectivity index (χ3n) is 3.79. The summed E-state index contributed by atoms with van der Waals surface area (Å²) >= 11 is 13.8. The maximum Gasteiger partial charge on any atom is 0.231 e. The van der Waals surface area contributed by atoms with Crippen LogP contribution < -0.4 is 14.8 Å². The summed E-state index contributed by atoms with van der Waals surface area (Å²) in [5.74, 6) is 1.60. The number of hydrogen-bond donors (Lipinski definition) is 1. The second-order valence-corrected chi connectivity index (χ2v) is 7.49. The maximum atomic E-state index is 6.26. The second kappa shape index (κ2) is 7.22. The number of aromatic nitrogens is 1. The van der Waals surface area contributed by atoms with Crippen molar-refractivity contribution in [2.24, 2.45) is 0 Å². The average Bonchev–Trinajstić information content (AvgIpc) is 3.23. The van der Waals surface area contributed by atoms with Gasteiger partial charge < -0.3 is 14.8 Å². The van der Waals surface area contributed by atoms with Gasteiger partial charge in [0.2, 0.25) is 6.79 Å². The van der Waals surface area contributed by atoms with E-state index in [9.17, 15) is 0 Å². The molecule has 0 amide bonds. The van der Waals surface area contributed by atoms with Crippen molar-refractivity contribution in [3.05, 3.63) is 63.2 Å². The van der Waals surface area contributed by atoms with Gasteiger partial charge in [-0.1, -0.05) is 35.3 Å². The van der Waals surface area contributed by atoms with Crippen LogP contribution in [-0.4, -0.2) is 11.8 Å². The fourth-order valence-electron chi connectivity index (χ4n) is 2.57. The lowest BCUT2D eigenvalue weighted by molar-refractivity contribution is 0.174. The third-order valence-corrected chi connectivity index (χ3v) is 5.37. The summed E-state index contributed by atoms with van der Waals surface area (Å²) < 4.78 is 10.7.